The molecule has 4 N–H and O–H groups in total. The lowest BCUT2D eigenvalue weighted by Gasteiger charge is -2.06. The lowest BCUT2D eigenvalue weighted by molar-refractivity contribution is 0.573. The Hall–Kier alpha value is -0.520. The summed E-state index contributed by atoms with van der Waals surface area (Å²) >= 11 is 1.14. The molecule has 1 rings (SSSR count). The first-order chi connectivity index (χ1) is 10.2. The fourth-order valence-corrected chi connectivity index (χ4v) is 4.63. The summed E-state index contributed by atoms with van der Waals surface area (Å²) in [4.78, 5) is 0.811. The van der Waals surface area contributed by atoms with E-state index in [9.17, 15) is 16.8 Å². The van der Waals surface area contributed by atoms with Crippen LogP contribution in [-0.2, 0) is 26.5 Å². The summed E-state index contributed by atoms with van der Waals surface area (Å²) in [5.41, 5.74) is 5.58. The first-order valence-corrected chi connectivity index (χ1v) is 10.9. The minimum Gasteiger partial charge on any atom is -0.328 e. The molecule has 0 aliphatic rings. The number of thiophene rings is 1. The molecule has 128 valence electrons. The van der Waals surface area contributed by atoms with E-state index >= 15 is 0 Å². The van der Waals surface area contributed by atoms with Crippen molar-refractivity contribution in [3.8, 4) is 0 Å². The van der Waals surface area contributed by atoms with Crippen LogP contribution in [0.5, 0.6) is 0 Å². The molecule has 1 unspecified atom stereocenters. The van der Waals surface area contributed by atoms with Crippen LogP contribution in [0.25, 0.3) is 0 Å². The predicted molar refractivity (Wildman–Crippen MR) is 88.9 cm³/mol. The minimum absolute atomic E-state index is 0.0283. The van der Waals surface area contributed by atoms with Crippen molar-refractivity contribution in [2.75, 3.05) is 18.8 Å². The number of hydrogen-bond acceptors (Lipinski definition) is 6. The zero-order chi connectivity index (χ0) is 16.8. The summed E-state index contributed by atoms with van der Waals surface area (Å²) in [7, 11) is -6.74. The van der Waals surface area contributed by atoms with Crippen molar-refractivity contribution in [3.05, 3.63) is 17.0 Å². The van der Waals surface area contributed by atoms with Crippen LogP contribution in [0.3, 0.4) is 0 Å². The van der Waals surface area contributed by atoms with Crippen LogP contribution in [0.4, 0.5) is 0 Å². The van der Waals surface area contributed by atoms with Crippen molar-refractivity contribution in [1.82, 2.24) is 9.44 Å². The van der Waals surface area contributed by atoms with Gasteiger partial charge in [0, 0.05) is 24.0 Å². The maximum Gasteiger partial charge on any atom is 0.250 e. The molecule has 7 nitrogen and oxygen atoms in total. The van der Waals surface area contributed by atoms with Crippen molar-refractivity contribution in [2.45, 2.75) is 36.9 Å². The van der Waals surface area contributed by atoms with Crippen LogP contribution < -0.4 is 15.2 Å². The van der Waals surface area contributed by atoms with Crippen LogP contribution in [0, 0.1) is 0 Å². The highest BCUT2D eigenvalue weighted by molar-refractivity contribution is 7.91. The van der Waals surface area contributed by atoms with Crippen molar-refractivity contribution in [3.63, 3.8) is 0 Å². The average Bonchev–Trinajstić information content (AvgIpc) is 2.87. The number of sulfonamides is 2. The van der Waals surface area contributed by atoms with Gasteiger partial charge in [0.05, 0.1) is 5.75 Å². The SMILES string of the molecule is CCS(=O)(=O)NCCc1ccc(S(=O)(=O)NCCC(C)N)s1. The van der Waals surface area contributed by atoms with E-state index in [1.807, 2.05) is 6.92 Å². The van der Waals surface area contributed by atoms with Gasteiger partial charge < -0.3 is 5.73 Å². The van der Waals surface area contributed by atoms with E-state index in [0.29, 0.717) is 19.4 Å². The quantitative estimate of drug-likeness (QED) is 0.546. The van der Waals surface area contributed by atoms with Gasteiger partial charge in [0.25, 0.3) is 0 Å². The van der Waals surface area contributed by atoms with E-state index in [2.05, 4.69) is 9.44 Å². The second kappa shape index (κ2) is 8.37. The smallest absolute Gasteiger partial charge is 0.250 e. The lowest BCUT2D eigenvalue weighted by Crippen LogP contribution is -2.28. The van der Waals surface area contributed by atoms with Gasteiger partial charge in [-0.3, -0.25) is 0 Å². The largest absolute Gasteiger partial charge is 0.328 e. The molecule has 0 spiro atoms. The van der Waals surface area contributed by atoms with Gasteiger partial charge in [-0.05, 0) is 38.8 Å². The number of hydrogen-bond donors (Lipinski definition) is 3. The Morgan fingerprint density at radius 1 is 1.18 bits per heavy atom. The molecular formula is C12H23N3O4S3. The van der Waals surface area contributed by atoms with Gasteiger partial charge >= 0.3 is 0 Å². The van der Waals surface area contributed by atoms with Crippen LogP contribution in [0.2, 0.25) is 0 Å². The average molecular weight is 370 g/mol. The molecule has 1 aromatic heterocycles. The molecule has 0 aromatic carbocycles. The molecule has 0 aliphatic carbocycles. The Kier molecular flexibility index (Phi) is 7.42. The molecule has 1 aromatic rings. The number of nitrogens with two attached hydrogens (primary N) is 1. The minimum atomic E-state index is -3.52. The highest BCUT2D eigenvalue weighted by atomic mass is 32.2. The first kappa shape index (κ1) is 19.5. The Morgan fingerprint density at radius 2 is 1.86 bits per heavy atom. The molecule has 0 radical (unpaired) electrons. The molecule has 0 amide bonds. The van der Waals surface area contributed by atoms with Gasteiger partial charge in [0.15, 0.2) is 0 Å². The molecule has 10 heteroatoms. The van der Waals surface area contributed by atoms with Gasteiger partial charge in [-0.25, -0.2) is 26.3 Å². The van der Waals surface area contributed by atoms with Crippen LogP contribution >= 0.6 is 11.3 Å². The van der Waals surface area contributed by atoms with E-state index in [-0.39, 0.29) is 22.5 Å². The molecule has 0 bridgehead atoms. The zero-order valence-corrected chi connectivity index (χ0v) is 15.2. The molecule has 22 heavy (non-hydrogen) atoms. The van der Waals surface area contributed by atoms with E-state index in [4.69, 9.17) is 5.73 Å². The third kappa shape index (κ3) is 6.71. The summed E-state index contributed by atoms with van der Waals surface area (Å²) < 4.78 is 51.9. The van der Waals surface area contributed by atoms with E-state index in [1.54, 1.807) is 13.0 Å². The zero-order valence-electron chi connectivity index (χ0n) is 12.7. The van der Waals surface area contributed by atoms with Gasteiger partial charge in [-0.2, -0.15) is 0 Å². The third-order valence-corrected chi connectivity index (χ3v) is 7.37. The molecule has 0 fully saturated rings. The third-order valence-electron chi connectivity index (χ3n) is 2.87. The van der Waals surface area contributed by atoms with Crippen molar-refractivity contribution in [1.29, 1.82) is 0 Å². The van der Waals surface area contributed by atoms with Gasteiger partial charge in [0.2, 0.25) is 20.0 Å². The van der Waals surface area contributed by atoms with Crippen molar-refractivity contribution >= 4 is 31.4 Å². The second-order valence-corrected chi connectivity index (χ2v) is 10.2. The topological polar surface area (TPSA) is 118 Å². The molecule has 0 saturated heterocycles. The molecular weight excluding hydrogens is 346 g/mol. The maximum atomic E-state index is 12.1. The summed E-state index contributed by atoms with van der Waals surface area (Å²) in [6.07, 6.45) is 1.02. The Morgan fingerprint density at radius 3 is 2.45 bits per heavy atom. The van der Waals surface area contributed by atoms with Crippen molar-refractivity contribution in [2.24, 2.45) is 5.73 Å². The number of rotatable bonds is 10. The normalized spacial score (nSPS) is 14.1. The van der Waals surface area contributed by atoms with Crippen molar-refractivity contribution < 1.29 is 16.8 Å². The molecule has 1 atom stereocenters. The van der Waals surface area contributed by atoms with Gasteiger partial charge in [-0.1, -0.05) is 0 Å². The summed E-state index contributed by atoms with van der Waals surface area (Å²) in [5.74, 6) is 0.0283. The summed E-state index contributed by atoms with van der Waals surface area (Å²) in [5, 5.41) is 0. The first-order valence-electron chi connectivity index (χ1n) is 6.97. The molecule has 1 heterocycles. The van der Waals surface area contributed by atoms with E-state index in [0.717, 1.165) is 16.2 Å². The highest BCUT2D eigenvalue weighted by Crippen LogP contribution is 2.21. The van der Waals surface area contributed by atoms with Gasteiger partial charge in [0.1, 0.15) is 4.21 Å². The molecule has 0 saturated carbocycles. The van der Waals surface area contributed by atoms with Crippen LogP contribution in [0.15, 0.2) is 16.3 Å². The summed E-state index contributed by atoms with van der Waals surface area (Å²) in [6.45, 7) is 3.93. The fraction of sp³-hybridized carbons (Fsp3) is 0.667. The lowest BCUT2D eigenvalue weighted by atomic mass is 10.3. The monoisotopic (exact) mass is 369 g/mol. The number of nitrogens with one attached hydrogen (secondary N) is 2. The maximum absolute atomic E-state index is 12.1. The van der Waals surface area contributed by atoms with E-state index in [1.165, 1.54) is 6.07 Å². The van der Waals surface area contributed by atoms with Crippen LogP contribution in [-0.4, -0.2) is 41.7 Å². The molecule has 0 aliphatic heterocycles. The highest BCUT2D eigenvalue weighted by Gasteiger charge is 2.16. The standard InChI is InChI=1S/C12H23N3O4S3/c1-3-21(16,17)14-9-7-11-4-5-12(20-11)22(18,19)15-8-6-10(2)13/h4-5,10,14-15H,3,6-9,13H2,1-2H3. The summed E-state index contributed by atoms with van der Waals surface area (Å²) in [6, 6.07) is 3.17. The van der Waals surface area contributed by atoms with E-state index < -0.39 is 20.0 Å². The predicted octanol–water partition coefficient (Wildman–Crippen LogP) is 0.246. The Balaban J connectivity index is 2.56. The Labute approximate surface area is 136 Å². The van der Waals surface area contributed by atoms with Crippen LogP contribution in [0.1, 0.15) is 25.1 Å². The fourth-order valence-electron chi connectivity index (χ4n) is 1.56. The van der Waals surface area contributed by atoms with Gasteiger partial charge in [-0.15, -0.1) is 11.3 Å². The second-order valence-electron chi connectivity index (χ2n) is 4.93. The Bertz CT molecular complexity index is 666.